The first kappa shape index (κ1) is 9.51. The van der Waals surface area contributed by atoms with Gasteiger partial charge in [0, 0.05) is 6.04 Å². The van der Waals surface area contributed by atoms with Crippen molar-refractivity contribution in [3.63, 3.8) is 0 Å². The lowest BCUT2D eigenvalue weighted by atomic mass is 9.96. The highest BCUT2D eigenvalue weighted by molar-refractivity contribution is 5.74. The quantitative estimate of drug-likeness (QED) is 0.855. The molecule has 3 atom stereocenters. The number of nitrogens with zero attached hydrogens (tertiary/aromatic N) is 1. The molecule has 0 aliphatic heterocycles. The van der Waals surface area contributed by atoms with Gasteiger partial charge in [0.05, 0.1) is 0 Å². The maximum absolute atomic E-state index is 5.72. The Hall–Kier alpha value is -1.51. The van der Waals surface area contributed by atoms with Gasteiger partial charge in [-0.25, -0.2) is 0 Å². The first-order valence-electron chi connectivity index (χ1n) is 6.50. The fraction of sp³-hybridized carbons (Fsp3) is 0.500. The van der Waals surface area contributed by atoms with Gasteiger partial charge in [0.15, 0.2) is 5.58 Å². The summed E-state index contributed by atoms with van der Waals surface area (Å²) in [7, 11) is 0. The Morgan fingerprint density at radius 3 is 2.88 bits per heavy atom. The van der Waals surface area contributed by atoms with Crippen molar-refractivity contribution >= 4 is 17.1 Å². The van der Waals surface area contributed by atoms with Gasteiger partial charge in [-0.3, -0.25) is 0 Å². The topological polar surface area (TPSA) is 38.1 Å². The zero-order chi connectivity index (χ0) is 11.2. The van der Waals surface area contributed by atoms with Crippen LogP contribution in [0.2, 0.25) is 0 Å². The van der Waals surface area contributed by atoms with Crippen molar-refractivity contribution < 1.29 is 4.42 Å². The lowest BCUT2D eigenvalue weighted by molar-refractivity contribution is 0.429. The number of para-hydroxylation sites is 2. The van der Waals surface area contributed by atoms with Gasteiger partial charge < -0.3 is 9.73 Å². The molecule has 0 amide bonds. The fourth-order valence-electron chi connectivity index (χ4n) is 3.51. The van der Waals surface area contributed by atoms with Gasteiger partial charge in [0.2, 0.25) is 0 Å². The van der Waals surface area contributed by atoms with Gasteiger partial charge in [-0.15, -0.1) is 0 Å². The number of hydrogen-bond donors (Lipinski definition) is 1. The summed E-state index contributed by atoms with van der Waals surface area (Å²) in [4.78, 5) is 4.48. The Morgan fingerprint density at radius 2 is 2.12 bits per heavy atom. The second-order valence-electron chi connectivity index (χ2n) is 5.41. The monoisotopic (exact) mass is 228 g/mol. The predicted octanol–water partition coefficient (Wildman–Crippen LogP) is 3.43. The van der Waals surface area contributed by atoms with Gasteiger partial charge in [-0.2, -0.15) is 4.98 Å². The molecule has 1 N–H and O–H groups in total. The maximum Gasteiger partial charge on any atom is 0.295 e. The van der Waals surface area contributed by atoms with Crippen molar-refractivity contribution in [1.29, 1.82) is 0 Å². The molecular weight excluding hydrogens is 212 g/mol. The summed E-state index contributed by atoms with van der Waals surface area (Å²) >= 11 is 0. The molecule has 2 bridgehead atoms. The van der Waals surface area contributed by atoms with Crippen LogP contribution in [0.1, 0.15) is 25.7 Å². The SMILES string of the molecule is c1ccc2oc(NC3CC4CCC3C4)nc2c1. The summed E-state index contributed by atoms with van der Waals surface area (Å²) < 4.78 is 5.72. The Kier molecular flexibility index (Phi) is 1.95. The van der Waals surface area contributed by atoms with Crippen LogP contribution in [0.5, 0.6) is 0 Å². The van der Waals surface area contributed by atoms with E-state index >= 15 is 0 Å². The van der Waals surface area contributed by atoms with Crippen LogP contribution < -0.4 is 5.32 Å². The number of anilines is 1. The van der Waals surface area contributed by atoms with Crippen molar-refractivity contribution in [3.05, 3.63) is 24.3 Å². The predicted molar refractivity (Wildman–Crippen MR) is 66.9 cm³/mol. The Balaban J connectivity index is 1.59. The molecule has 2 aliphatic rings. The standard InChI is InChI=1S/C14H16N2O/c1-2-4-13-11(3-1)15-14(17-13)16-12-8-9-5-6-10(12)7-9/h1-4,9-10,12H,5-8H2,(H,15,16). The molecule has 0 radical (unpaired) electrons. The zero-order valence-corrected chi connectivity index (χ0v) is 9.73. The second-order valence-corrected chi connectivity index (χ2v) is 5.41. The summed E-state index contributed by atoms with van der Waals surface area (Å²) in [6.45, 7) is 0. The molecule has 3 unspecified atom stereocenters. The zero-order valence-electron chi connectivity index (χ0n) is 9.73. The van der Waals surface area contributed by atoms with E-state index in [0.29, 0.717) is 12.1 Å². The average molecular weight is 228 g/mol. The lowest BCUT2D eigenvalue weighted by Crippen LogP contribution is -2.25. The molecule has 0 spiro atoms. The third kappa shape index (κ3) is 1.53. The van der Waals surface area contributed by atoms with Crippen LogP contribution in [0.3, 0.4) is 0 Å². The smallest absolute Gasteiger partial charge is 0.295 e. The van der Waals surface area contributed by atoms with Crippen molar-refractivity contribution in [3.8, 4) is 0 Å². The minimum absolute atomic E-state index is 0.585. The summed E-state index contributed by atoms with van der Waals surface area (Å²) in [6, 6.07) is 9.21. The molecule has 1 aromatic heterocycles. The van der Waals surface area contributed by atoms with E-state index in [-0.39, 0.29) is 0 Å². The molecule has 1 aromatic carbocycles. The van der Waals surface area contributed by atoms with E-state index in [1.165, 1.54) is 25.7 Å². The summed E-state index contributed by atoms with van der Waals surface area (Å²) in [6.07, 6.45) is 5.50. The normalized spacial score (nSPS) is 31.2. The minimum Gasteiger partial charge on any atom is -0.424 e. The van der Waals surface area contributed by atoms with Crippen LogP contribution in [0.4, 0.5) is 6.01 Å². The van der Waals surface area contributed by atoms with E-state index < -0.39 is 0 Å². The van der Waals surface area contributed by atoms with Crippen LogP contribution >= 0.6 is 0 Å². The number of rotatable bonds is 2. The van der Waals surface area contributed by atoms with Crippen LogP contribution in [-0.2, 0) is 0 Å². The molecule has 1 heterocycles. The maximum atomic E-state index is 5.72. The van der Waals surface area contributed by atoms with Crippen molar-refractivity contribution in [1.82, 2.24) is 4.98 Å². The van der Waals surface area contributed by atoms with Gasteiger partial charge in [0.25, 0.3) is 6.01 Å². The van der Waals surface area contributed by atoms with Crippen molar-refractivity contribution in [2.24, 2.45) is 11.8 Å². The Labute approximate surface area is 100 Å². The highest BCUT2D eigenvalue weighted by Gasteiger charge is 2.39. The van der Waals surface area contributed by atoms with Crippen molar-refractivity contribution in [2.45, 2.75) is 31.7 Å². The van der Waals surface area contributed by atoms with E-state index in [1.54, 1.807) is 0 Å². The molecule has 2 aliphatic carbocycles. The van der Waals surface area contributed by atoms with Crippen LogP contribution in [-0.4, -0.2) is 11.0 Å². The van der Waals surface area contributed by atoms with Gasteiger partial charge in [-0.05, 0) is 43.2 Å². The number of oxazole rings is 1. The molecule has 3 heteroatoms. The van der Waals surface area contributed by atoms with E-state index in [1.807, 2.05) is 24.3 Å². The van der Waals surface area contributed by atoms with E-state index in [4.69, 9.17) is 4.42 Å². The minimum atomic E-state index is 0.585. The molecule has 17 heavy (non-hydrogen) atoms. The van der Waals surface area contributed by atoms with Crippen LogP contribution in [0.15, 0.2) is 28.7 Å². The van der Waals surface area contributed by atoms with Gasteiger partial charge in [-0.1, -0.05) is 18.6 Å². The van der Waals surface area contributed by atoms with Crippen LogP contribution in [0, 0.1) is 11.8 Å². The van der Waals surface area contributed by atoms with Crippen LogP contribution in [0.25, 0.3) is 11.1 Å². The Morgan fingerprint density at radius 1 is 1.18 bits per heavy atom. The molecule has 2 fully saturated rings. The molecule has 88 valence electrons. The number of benzene rings is 1. The molecule has 2 saturated carbocycles. The highest BCUT2D eigenvalue weighted by Crippen LogP contribution is 2.45. The molecule has 3 nitrogen and oxygen atoms in total. The fourth-order valence-corrected chi connectivity index (χ4v) is 3.51. The van der Waals surface area contributed by atoms with Gasteiger partial charge >= 0.3 is 0 Å². The molecular formula is C14H16N2O. The molecule has 2 aromatic rings. The van der Waals surface area contributed by atoms with Crippen molar-refractivity contribution in [2.75, 3.05) is 5.32 Å². The average Bonchev–Trinajstić information content (AvgIpc) is 3.01. The Bertz CT molecular complexity index is 515. The first-order chi connectivity index (χ1) is 8.38. The largest absolute Gasteiger partial charge is 0.424 e. The number of fused-ring (bicyclic) bond motifs is 3. The summed E-state index contributed by atoms with van der Waals surface area (Å²) in [5.41, 5.74) is 1.82. The second kappa shape index (κ2) is 3.49. The molecule has 4 rings (SSSR count). The number of nitrogens with one attached hydrogen (secondary N) is 1. The third-order valence-electron chi connectivity index (χ3n) is 4.34. The van der Waals surface area contributed by atoms with E-state index in [2.05, 4.69) is 10.3 Å². The summed E-state index contributed by atoms with van der Waals surface area (Å²) in [5, 5.41) is 3.48. The van der Waals surface area contributed by atoms with E-state index in [0.717, 1.165) is 22.9 Å². The van der Waals surface area contributed by atoms with Gasteiger partial charge in [0.1, 0.15) is 5.52 Å². The van der Waals surface area contributed by atoms with E-state index in [9.17, 15) is 0 Å². The summed E-state index contributed by atoms with van der Waals surface area (Å²) in [5.74, 6) is 1.79. The lowest BCUT2D eigenvalue weighted by Gasteiger charge is -2.21. The number of hydrogen-bond acceptors (Lipinski definition) is 3. The highest BCUT2D eigenvalue weighted by atomic mass is 16.4. The molecule has 0 saturated heterocycles. The number of aromatic nitrogens is 1. The third-order valence-corrected chi connectivity index (χ3v) is 4.34. The first-order valence-corrected chi connectivity index (χ1v) is 6.50.